The van der Waals surface area contributed by atoms with Gasteiger partial charge in [0.15, 0.2) is 6.29 Å². The van der Waals surface area contributed by atoms with Gasteiger partial charge in [-0.2, -0.15) is 0 Å². The van der Waals surface area contributed by atoms with E-state index < -0.39 is 4.92 Å². The molecule has 0 aliphatic heterocycles. The van der Waals surface area contributed by atoms with Crippen LogP contribution in [-0.4, -0.2) is 23.8 Å². The van der Waals surface area contributed by atoms with E-state index in [1.54, 1.807) is 6.07 Å². The second-order valence-electron chi connectivity index (χ2n) is 5.73. The highest BCUT2D eigenvalue weighted by atomic mass is 16.6. The lowest BCUT2D eigenvalue weighted by molar-refractivity contribution is -0.384. The van der Waals surface area contributed by atoms with E-state index in [2.05, 4.69) is 18.7 Å². The van der Waals surface area contributed by atoms with E-state index in [0.717, 1.165) is 31.5 Å². The Kier molecular flexibility index (Phi) is 4.37. The molecule has 0 bridgehead atoms. The number of rotatable bonds is 7. The number of nitro groups is 1. The molecular formula is C15H20N2O3. The van der Waals surface area contributed by atoms with E-state index in [4.69, 9.17) is 0 Å². The highest BCUT2D eigenvalue weighted by Crippen LogP contribution is 2.35. The third kappa shape index (κ3) is 3.35. The molecular weight excluding hydrogens is 256 g/mol. The van der Waals surface area contributed by atoms with Crippen molar-refractivity contribution in [3.63, 3.8) is 0 Å². The van der Waals surface area contributed by atoms with Gasteiger partial charge >= 0.3 is 0 Å². The van der Waals surface area contributed by atoms with Crippen LogP contribution in [0.2, 0.25) is 0 Å². The number of hydrogen-bond donors (Lipinski definition) is 0. The summed E-state index contributed by atoms with van der Waals surface area (Å²) in [5.74, 6) is 0.592. The van der Waals surface area contributed by atoms with Gasteiger partial charge < -0.3 is 4.90 Å². The summed E-state index contributed by atoms with van der Waals surface area (Å²) in [6.07, 6.45) is 4.03. The Balaban J connectivity index is 2.27. The maximum Gasteiger partial charge on any atom is 0.270 e. The molecule has 0 radical (unpaired) electrons. The molecule has 5 nitrogen and oxygen atoms in total. The largest absolute Gasteiger partial charge is 0.368 e. The number of nitrogens with zero attached hydrogens (tertiary/aromatic N) is 2. The first-order valence-corrected chi connectivity index (χ1v) is 7.03. The summed E-state index contributed by atoms with van der Waals surface area (Å²) in [5.41, 5.74) is 1.21. The Bertz CT molecular complexity index is 510. The number of aldehydes is 1. The summed E-state index contributed by atoms with van der Waals surface area (Å²) < 4.78 is 0. The lowest BCUT2D eigenvalue weighted by atomic mass is 10.1. The minimum absolute atomic E-state index is 0.0320. The summed E-state index contributed by atoms with van der Waals surface area (Å²) in [4.78, 5) is 23.8. The minimum Gasteiger partial charge on any atom is -0.368 e. The molecule has 1 fully saturated rings. The molecule has 1 aromatic rings. The highest BCUT2D eigenvalue weighted by Gasteiger charge is 2.30. The van der Waals surface area contributed by atoms with Gasteiger partial charge in [-0.3, -0.25) is 14.9 Å². The molecule has 0 heterocycles. The first-order valence-electron chi connectivity index (χ1n) is 7.03. The smallest absolute Gasteiger partial charge is 0.270 e. The van der Waals surface area contributed by atoms with E-state index in [1.165, 1.54) is 12.1 Å². The van der Waals surface area contributed by atoms with Gasteiger partial charge in [0.2, 0.25) is 0 Å². The lowest BCUT2D eigenvalue weighted by Crippen LogP contribution is -2.28. The molecule has 0 spiro atoms. The van der Waals surface area contributed by atoms with Crippen LogP contribution >= 0.6 is 0 Å². The summed E-state index contributed by atoms with van der Waals surface area (Å²) in [5, 5.41) is 10.8. The van der Waals surface area contributed by atoms with E-state index in [-0.39, 0.29) is 5.69 Å². The molecule has 1 aliphatic rings. The summed E-state index contributed by atoms with van der Waals surface area (Å²) in [6, 6.07) is 5.04. The molecule has 0 atom stereocenters. The Hall–Kier alpha value is -1.91. The quantitative estimate of drug-likeness (QED) is 0.435. The second kappa shape index (κ2) is 6.03. The average molecular weight is 276 g/mol. The fraction of sp³-hybridized carbons (Fsp3) is 0.533. The van der Waals surface area contributed by atoms with Crippen LogP contribution in [0.3, 0.4) is 0 Å². The van der Waals surface area contributed by atoms with Crippen LogP contribution in [0.4, 0.5) is 11.4 Å². The Morgan fingerprint density at radius 2 is 2.15 bits per heavy atom. The number of nitro benzene ring substituents is 1. The minimum atomic E-state index is -0.466. The molecule has 1 saturated carbocycles. The fourth-order valence-electron chi connectivity index (χ4n) is 2.29. The van der Waals surface area contributed by atoms with Crippen LogP contribution < -0.4 is 4.90 Å². The van der Waals surface area contributed by atoms with Crippen molar-refractivity contribution in [2.75, 3.05) is 11.4 Å². The van der Waals surface area contributed by atoms with Crippen molar-refractivity contribution in [1.29, 1.82) is 0 Å². The van der Waals surface area contributed by atoms with Crippen molar-refractivity contribution in [3.05, 3.63) is 33.9 Å². The zero-order valence-electron chi connectivity index (χ0n) is 11.9. The molecule has 2 rings (SSSR count). The van der Waals surface area contributed by atoms with Gasteiger partial charge in [-0.05, 0) is 31.2 Å². The van der Waals surface area contributed by atoms with Gasteiger partial charge in [0.25, 0.3) is 5.69 Å². The zero-order valence-corrected chi connectivity index (χ0v) is 11.9. The summed E-state index contributed by atoms with van der Waals surface area (Å²) in [6.45, 7) is 5.23. The topological polar surface area (TPSA) is 63.4 Å². The molecule has 0 unspecified atom stereocenters. The van der Waals surface area contributed by atoms with Crippen molar-refractivity contribution in [2.24, 2.45) is 5.92 Å². The van der Waals surface area contributed by atoms with Gasteiger partial charge in [0.05, 0.1) is 4.92 Å². The van der Waals surface area contributed by atoms with E-state index >= 15 is 0 Å². The van der Waals surface area contributed by atoms with Crippen LogP contribution in [0.15, 0.2) is 18.2 Å². The van der Waals surface area contributed by atoms with Crippen LogP contribution in [0.25, 0.3) is 0 Å². The van der Waals surface area contributed by atoms with Gasteiger partial charge in [-0.1, -0.05) is 13.8 Å². The third-order valence-electron chi connectivity index (χ3n) is 3.59. The van der Waals surface area contributed by atoms with Crippen LogP contribution in [0, 0.1) is 16.0 Å². The van der Waals surface area contributed by atoms with E-state index in [9.17, 15) is 14.9 Å². The Morgan fingerprint density at radius 3 is 2.65 bits per heavy atom. The maximum absolute atomic E-state index is 11.2. The van der Waals surface area contributed by atoms with Crippen LogP contribution in [0.1, 0.15) is 43.5 Å². The molecule has 0 saturated heterocycles. The predicted octanol–water partition coefficient (Wildman–Crippen LogP) is 3.42. The molecule has 0 aromatic heterocycles. The number of non-ortho nitro benzene ring substituents is 1. The van der Waals surface area contributed by atoms with Crippen LogP contribution in [-0.2, 0) is 0 Å². The maximum atomic E-state index is 11.2. The van der Waals surface area contributed by atoms with Gasteiger partial charge in [-0.25, -0.2) is 0 Å². The van der Waals surface area contributed by atoms with Crippen molar-refractivity contribution >= 4 is 17.7 Å². The van der Waals surface area contributed by atoms with Crippen LogP contribution in [0.5, 0.6) is 0 Å². The number of anilines is 1. The first-order chi connectivity index (χ1) is 9.52. The van der Waals surface area contributed by atoms with Gasteiger partial charge in [0.1, 0.15) is 0 Å². The molecule has 1 aliphatic carbocycles. The third-order valence-corrected chi connectivity index (χ3v) is 3.59. The molecule has 20 heavy (non-hydrogen) atoms. The molecule has 0 amide bonds. The van der Waals surface area contributed by atoms with E-state index in [1.807, 2.05) is 0 Å². The second-order valence-corrected chi connectivity index (χ2v) is 5.73. The van der Waals surface area contributed by atoms with Crippen molar-refractivity contribution in [1.82, 2.24) is 0 Å². The average Bonchev–Trinajstić information content (AvgIpc) is 3.23. The highest BCUT2D eigenvalue weighted by molar-refractivity contribution is 5.86. The lowest BCUT2D eigenvalue weighted by Gasteiger charge is -2.26. The summed E-state index contributed by atoms with van der Waals surface area (Å²) in [7, 11) is 0. The molecule has 1 aromatic carbocycles. The Morgan fingerprint density at radius 1 is 1.45 bits per heavy atom. The van der Waals surface area contributed by atoms with Gasteiger partial charge in [0, 0.05) is 36.0 Å². The van der Waals surface area contributed by atoms with Crippen molar-refractivity contribution < 1.29 is 9.72 Å². The van der Waals surface area contributed by atoms with E-state index in [0.29, 0.717) is 23.8 Å². The molecule has 108 valence electrons. The molecule has 5 heteroatoms. The predicted molar refractivity (Wildman–Crippen MR) is 78.3 cm³/mol. The summed E-state index contributed by atoms with van der Waals surface area (Å²) >= 11 is 0. The van der Waals surface area contributed by atoms with Crippen molar-refractivity contribution in [2.45, 2.75) is 39.2 Å². The SMILES string of the molecule is CC(C)CCN(c1ccc([N+](=O)[O-])cc1C=O)C1CC1. The first kappa shape index (κ1) is 14.5. The zero-order chi connectivity index (χ0) is 14.7. The Labute approximate surface area is 118 Å². The number of hydrogen-bond acceptors (Lipinski definition) is 4. The standard InChI is InChI=1S/C15H20N2O3/c1-11(2)7-8-16(13-3-4-13)15-6-5-14(17(19)20)9-12(15)10-18/h5-6,9-11,13H,3-4,7-8H2,1-2H3. The number of carbonyl (C=O) groups excluding carboxylic acids is 1. The molecule has 0 N–H and O–H groups in total. The number of benzene rings is 1. The van der Waals surface area contributed by atoms with Crippen molar-refractivity contribution in [3.8, 4) is 0 Å². The monoisotopic (exact) mass is 276 g/mol. The number of carbonyl (C=O) groups is 1. The van der Waals surface area contributed by atoms with Gasteiger partial charge in [-0.15, -0.1) is 0 Å². The fourth-order valence-corrected chi connectivity index (χ4v) is 2.29. The normalized spacial score (nSPS) is 14.3.